The lowest BCUT2D eigenvalue weighted by molar-refractivity contribution is -0.136. The van der Waals surface area contributed by atoms with E-state index in [1.54, 1.807) is 4.90 Å². The first-order chi connectivity index (χ1) is 10.2. The van der Waals surface area contributed by atoms with E-state index in [0.29, 0.717) is 13.0 Å². The van der Waals surface area contributed by atoms with Crippen molar-refractivity contribution in [1.29, 1.82) is 0 Å². The minimum absolute atomic E-state index is 0.0575. The molecule has 1 fully saturated rings. The summed E-state index contributed by atoms with van der Waals surface area (Å²) in [5, 5.41) is 3.00. The molecule has 1 heterocycles. The fourth-order valence-electron chi connectivity index (χ4n) is 2.86. The van der Waals surface area contributed by atoms with Crippen molar-refractivity contribution in [2.75, 3.05) is 11.9 Å². The summed E-state index contributed by atoms with van der Waals surface area (Å²) in [4.78, 5) is 26.3. The number of nitrogens with zero attached hydrogens (tertiary/aromatic N) is 1. The van der Waals surface area contributed by atoms with Crippen LogP contribution in [-0.4, -0.2) is 29.3 Å². The van der Waals surface area contributed by atoms with Crippen LogP contribution < -0.4 is 5.32 Å². The first-order valence-electron chi connectivity index (χ1n) is 7.85. The standard InChI is InChI=1S/C17H24N2O2/c1-3-8-16(20)19-12-7-11-15(19)17(21)18-14-10-6-5-9-13(14)4-2/h5-6,9-10,15H,3-4,7-8,11-12H2,1-2H3,(H,18,21). The van der Waals surface area contributed by atoms with E-state index in [0.717, 1.165) is 36.9 Å². The number of carbonyl (C=O) groups excluding carboxylic acids is 2. The maximum atomic E-state index is 12.5. The maximum Gasteiger partial charge on any atom is 0.247 e. The number of anilines is 1. The monoisotopic (exact) mass is 288 g/mol. The van der Waals surface area contributed by atoms with Crippen molar-refractivity contribution in [3.8, 4) is 0 Å². The fourth-order valence-corrected chi connectivity index (χ4v) is 2.86. The lowest BCUT2D eigenvalue weighted by atomic mass is 10.1. The van der Waals surface area contributed by atoms with Crippen LogP contribution in [0.2, 0.25) is 0 Å². The van der Waals surface area contributed by atoms with Crippen LogP contribution in [0.1, 0.15) is 45.1 Å². The van der Waals surface area contributed by atoms with E-state index in [1.165, 1.54) is 0 Å². The highest BCUT2D eigenvalue weighted by atomic mass is 16.2. The van der Waals surface area contributed by atoms with Crippen LogP contribution in [0, 0.1) is 0 Å². The van der Waals surface area contributed by atoms with Crippen LogP contribution in [0.5, 0.6) is 0 Å². The Balaban J connectivity index is 2.07. The molecule has 0 aliphatic carbocycles. The molecule has 1 aromatic rings. The Morgan fingerprint density at radius 2 is 2.05 bits per heavy atom. The quantitative estimate of drug-likeness (QED) is 0.905. The molecule has 21 heavy (non-hydrogen) atoms. The number of likely N-dealkylation sites (tertiary alicyclic amines) is 1. The molecule has 1 N–H and O–H groups in total. The predicted octanol–water partition coefficient (Wildman–Crippen LogP) is 2.98. The van der Waals surface area contributed by atoms with Crippen molar-refractivity contribution < 1.29 is 9.59 Å². The van der Waals surface area contributed by atoms with Gasteiger partial charge in [0.25, 0.3) is 0 Å². The second kappa shape index (κ2) is 7.25. The van der Waals surface area contributed by atoms with E-state index in [2.05, 4.69) is 12.2 Å². The van der Waals surface area contributed by atoms with Gasteiger partial charge in [-0.2, -0.15) is 0 Å². The molecule has 0 radical (unpaired) electrons. The molecule has 1 atom stereocenters. The molecule has 0 saturated carbocycles. The summed E-state index contributed by atoms with van der Waals surface area (Å²) in [6, 6.07) is 7.52. The Kier molecular flexibility index (Phi) is 5.37. The van der Waals surface area contributed by atoms with E-state index in [1.807, 2.05) is 31.2 Å². The average molecular weight is 288 g/mol. The number of nitrogens with one attached hydrogen (secondary N) is 1. The Bertz CT molecular complexity index is 513. The topological polar surface area (TPSA) is 49.4 Å². The summed E-state index contributed by atoms with van der Waals surface area (Å²) in [6.45, 7) is 4.75. The van der Waals surface area contributed by atoms with E-state index < -0.39 is 0 Å². The highest BCUT2D eigenvalue weighted by Crippen LogP contribution is 2.22. The predicted molar refractivity (Wildman–Crippen MR) is 84.1 cm³/mol. The summed E-state index contributed by atoms with van der Waals surface area (Å²) in [5.41, 5.74) is 1.98. The van der Waals surface area contributed by atoms with E-state index >= 15 is 0 Å². The third-order valence-electron chi connectivity index (χ3n) is 4.00. The van der Waals surface area contributed by atoms with Crippen LogP contribution in [0.3, 0.4) is 0 Å². The van der Waals surface area contributed by atoms with Gasteiger partial charge in [0.2, 0.25) is 11.8 Å². The molecule has 1 aliphatic rings. The molecular formula is C17H24N2O2. The molecule has 4 nitrogen and oxygen atoms in total. The van der Waals surface area contributed by atoms with Gasteiger partial charge in [0.1, 0.15) is 6.04 Å². The SMILES string of the molecule is CCCC(=O)N1CCCC1C(=O)Nc1ccccc1CC. The number of para-hydroxylation sites is 1. The minimum Gasteiger partial charge on any atom is -0.331 e. The molecule has 1 aromatic carbocycles. The van der Waals surface area contributed by atoms with Gasteiger partial charge in [-0.05, 0) is 37.3 Å². The molecule has 0 spiro atoms. The van der Waals surface area contributed by atoms with Gasteiger partial charge in [0.15, 0.2) is 0 Å². The summed E-state index contributed by atoms with van der Waals surface area (Å²) in [5.74, 6) is 0.0387. The molecule has 1 saturated heterocycles. The number of hydrogen-bond acceptors (Lipinski definition) is 2. The highest BCUT2D eigenvalue weighted by molar-refractivity contribution is 5.98. The number of aryl methyl sites for hydroxylation is 1. The average Bonchev–Trinajstić information content (AvgIpc) is 2.97. The molecular weight excluding hydrogens is 264 g/mol. The van der Waals surface area contributed by atoms with Gasteiger partial charge in [-0.15, -0.1) is 0 Å². The van der Waals surface area contributed by atoms with Gasteiger partial charge in [-0.25, -0.2) is 0 Å². The summed E-state index contributed by atoms with van der Waals surface area (Å²) >= 11 is 0. The molecule has 4 heteroatoms. The van der Waals surface area contributed by atoms with Gasteiger partial charge in [0, 0.05) is 18.7 Å². The summed E-state index contributed by atoms with van der Waals surface area (Å²) in [6.07, 6.45) is 3.88. The van der Waals surface area contributed by atoms with Crippen LogP contribution in [0.25, 0.3) is 0 Å². The van der Waals surface area contributed by atoms with Gasteiger partial charge in [-0.3, -0.25) is 9.59 Å². The van der Waals surface area contributed by atoms with Crippen LogP contribution in [0.4, 0.5) is 5.69 Å². The van der Waals surface area contributed by atoms with Crippen molar-refractivity contribution >= 4 is 17.5 Å². The molecule has 2 rings (SSSR count). The van der Waals surface area contributed by atoms with Gasteiger partial charge >= 0.3 is 0 Å². The van der Waals surface area contributed by atoms with Crippen LogP contribution in [0.15, 0.2) is 24.3 Å². The van der Waals surface area contributed by atoms with Crippen molar-refractivity contribution in [3.05, 3.63) is 29.8 Å². The number of amides is 2. The molecule has 114 valence electrons. The Morgan fingerprint density at radius 3 is 2.76 bits per heavy atom. The molecule has 0 aromatic heterocycles. The third-order valence-corrected chi connectivity index (χ3v) is 4.00. The smallest absolute Gasteiger partial charge is 0.247 e. The Morgan fingerprint density at radius 1 is 1.29 bits per heavy atom. The van der Waals surface area contributed by atoms with Gasteiger partial charge in [0.05, 0.1) is 0 Å². The largest absolute Gasteiger partial charge is 0.331 e. The summed E-state index contributed by atoms with van der Waals surface area (Å²) < 4.78 is 0. The number of carbonyl (C=O) groups is 2. The van der Waals surface area contributed by atoms with E-state index in [4.69, 9.17) is 0 Å². The zero-order valence-corrected chi connectivity index (χ0v) is 12.9. The zero-order valence-electron chi connectivity index (χ0n) is 12.9. The van der Waals surface area contributed by atoms with Gasteiger partial charge in [-0.1, -0.05) is 32.0 Å². The third kappa shape index (κ3) is 3.63. The number of benzene rings is 1. The highest BCUT2D eigenvalue weighted by Gasteiger charge is 2.33. The lowest BCUT2D eigenvalue weighted by Crippen LogP contribution is -2.43. The molecule has 2 amide bonds. The second-order valence-electron chi connectivity index (χ2n) is 5.50. The van der Waals surface area contributed by atoms with Crippen molar-refractivity contribution in [3.63, 3.8) is 0 Å². The molecule has 1 unspecified atom stereocenters. The van der Waals surface area contributed by atoms with Crippen molar-refractivity contribution in [2.24, 2.45) is 0 Å². The normalized spacial score (nSPS) is 17.8. The van der Waals surface area contributed by atoms with Crippen LogP contribution in [-0.2, 0) is 16.0 Å². The number of rotatable bonds is 5. The lowest BCUT2D eigenvalue weighted by Gasteiger charge is -2.24. The van der Waals surface area contributed by atoms with E-state index in [-0.39, 0.29) is 17.9 Å². The fraction of sp³-hybridized carbons (Fsp3) is 0.529. The van der Waals surface area contributed by atoms with Crippen LogP contribution >= 0.6 is 0 Å². The maximum absolute atomic E-state index is 12.5. The molecule has 1 aliphatic heterocycles. The van der Waals surface area contributed by atoms with Gasteiger partial charge < -0.3 is 10.2 Å². The Hall–Kier alpha value is -1.84. The van der Waals surface area contributed by atoms with E-state index in [9.17, 15) is 9.59 Å². The number of hydrogen-bond donors (Lipinski definition) is 1. The first kappa shape index (κ1) is 15.5. The zero-order chi connectivity index (χ0) is 15.2. The summed E-state index contributed by atoms with van der Waals surface area (Å²) in [7, 11) is 0. The minimum atomic E-state index is -0.311. The van der Waals surface area contributed by atoms with Crippen molar-refractivity contribution in [2.45, 2.75) is 52.0 Å². The van der Waals surface area contributed by atoms with Crippen molar-refractivity contribution in [1.82, 2.24) is 4.90 Å². The molecule has 0 bridgehead atoms. The Labute approximate surface area is 126 Å². The first-order valence-corrected chi connectivity index (χ1v) is 7.85. The second-order valence-corrected chi connectivity index (χ2v) is 5.50.